The normalized spacial score (nSPS) is 11.8. The van der Waals surface area contributed by atoms with E-state index in [1.165, 1.54) is 0 Å². The Morgan fingerprint density at radius 3 is 2.78 bits per heavy atom. The minimum atomic E-state index is -0.159. The molecule has 0 saturated heterocycles. The summed E-state index contributed by atoms with van der Waals surface area (Å²) in [5.74, 6) is -0.304. The number of nitrogens with one attached hydrogen (secondary N) is 1. The van der Waals surface area contributed by atoms with E-state index >= 15 is 0 Å². The molecule has 0 aliphatic rings. The number of hydrogen-bond donors (Lipinski definition) is 1. The zero-order valence-electron chi connectivity index (χ0n) is 11.6. The number of rotatable bonds is 6. The van der Waals surface area contributed by atoms with Gasteiger partial charge in [0.2, 0.25) is 0 Å². The minimum Gasteiger partial charge on any atom is -0.466 e. The molecular weight excluding hydrogens is 228 g/mol. The molecule has 0 spiro atoms. The second-order valence-electron chi connectivity index (χ2n) is 4.48. The van der Waals surface area contributed by atoms with Gasteiger partial charge in [0, 0.05) is 32.0 Å². The molecule has 0 heterocycles. The third-order valence-corrected chi connectivity index (χ3v) is 2.66. The van der Waals surface area contributed by atoms with Crippen LogP contribution in [0.2, 0.25) is 0 Å². The van der Waals surface area contributed by atoms with E-state index in [0.717, 1.165) is 11.4 Å². The third-order valence-electron chi connectivity index (χ3n) is 2.66. The molecule has 1 unspecified atom stereocenters. The molecule has 0 fully saturated rings. The molecule has 1 aromatic carbocycles. The van der Waals surface area contributed by atoms with E-state index in [4.69, 9.17) is 4.74 Å². The smallest absolute Gasteiger partial charge is 0.310 e. The second kappa shape index (κ2) is 6.89. The fourth-order valence-corrected chi connectivity index (χ4v) is 1.53. The van der Waals surface area contributed by atoms with Crippen LogP contribution in [0.15, 0.2) is 24.3 Å². The Hall–Kier alpha value is -1.71. The fraction of sp³-hybridized carbons (Fsp3) is 0.500. The van der Waals surface area contributed by atoms with Crippen LogP contribution in [-0.2, 0) is 9.53 Å². The number of hydrogen-bond acceptors (Lipinski definition) is 4. The summed E-state index contributed by atoms with van der Waals surface area (Å²) in [7, 11) is 4.00. The van der Waals surface area contributed by atoms with E-state index in [-0.39, 0.29) is 11.9 Å². The van der Waals surface area contributed by atoms with Crippen LogP contribution in [0.1, 0.15) is 13.8 Å². The quantitative estimate of drug-likeness (QED) is 0.787. The summed E-state index contributed by atoms with van der Waals surface area (Å²) in [6.07, 6.45) is 0. The standard InChI is InChI=1S/C14H22N2O2/c1-5-18-14(17)11(2)10-15-12-7-6-8-13(9-12)16(3)4/h6-9,11,15H,5,10H2,1-4H3. The number of esters is 1. The average molecular weight is 250 g/mol. The Kier molecular flexibility index (Phi) is 5.49. The highest BCUT2D eigenvalue weighted by Gasteiger charge is 2.13. The molecule has 18 heavy (non-hydrogen) atoms. The van der Waals surface area contributed by atoms with Crippen molar-refractivity contribution < 1.29 is 9.53 Å². The van der Waals surface area contributed by atoms with Crippen LogP contribution >= 0.6 is 0 Å². The lowest BCUT2D eigenvalue weighted by Gasteiger charge is -2.16. The highest BCUT2D eigenvalue weighted by molar-refractivity contribution is 5.72. The van der Waals surface area contributed by atoms with Crippen molar-refractivity contribution in [2.75, 3.05) is 37.5 Å². The first-order valence-corrected chi connectivity index (χ1v) is 6.22. The van der Waals surface area contributed by atoms with E-state index < -0.39 is 0 Å². The van der Waals surface area contributed by atoms with Crippen molar-refractivity contribution in [2.24, 2.45) is 5.92 Å². The van der Waals surface area contributed by atoms with Gasteiger partial charge in [-0.05, 0) is 25.1 Å². The van der Waals surface area contributed by atoms with Gasteiger partial charge in [-0.15, -0.1) is 0 Å². The molecule has 1 aromatic rings. The maximum Gasteiger partial charge on any atom is 0.310 e. The molecule has 1 atom stereocenters. The van der Waals surface area contributed by atoms with Crippen LogP contribution in [-0.4, -0.2) is 33.2 Å². The largest absolute Gasteiger partial charge is 0.466 e. The molecule has 0 aliphatic heterocycles. The summed E-state index contributed by atoms with van der Waals surface area (Å²) in [6, 6.07) is 8.08. The summed E-state index contributed by atoms with van der Waals surface area (Å²) in [5, 5.41) is 3.25. The van der Waals surface area contributed by atoms with Crippen LogP contribution in [0.4, 0.5) is 11.4 Å². The number of carbonyl (C=O) groups is 1. The SMILES string of the molecule is CCOC(=O)C(C)CNc1cccc(N(C)C)c1. The predicted octanol–water partition coefficient (Wildman–Crippen LogP) is 2.36. The van der Waals surface area contributed by atoms with Gasteiger partial charge in [-0.2, -0.15) is 0 Å². The van der Waals surface area contributed by atoms with Crippen molar-refractivity contribution in [1.29, 1.82) is 0 Å². The maximum absolute atomic E-state index is 11.5. The van der Waals surface area contributed by atoms with Gasteiger partial charge in [-0.25, -0.2) is 0 Å². The summed E-state index contributed by atoms with van der Waals surface area (Å²) < 4.78 is 4.97. The van der Waals surface area contributed by atoms with E-state index in [1.54, 1.807) is 0 Å². The molecule has 4 heteroatoms. The van der Waals surface area contributed by atoms with E-state index in [9.17, 15) is 4.79 Å². The first-order chi connectivity index (χ1) is 8.54. The van der Waals surface area contributed by atoms with Crippen molar-refractivity contribution in [3.63, 3.8) is 0 Å². The molecule has 0 aliphatic carbocycles. The lowest BCUT2D eigenvalue weighted by Crippen LogP contribution is -2.22. The highest BCUT2D eigenvalue weighted by Crippen LogP contribution is 2.17. The van der Waals surface area contributed by atoms with Crippen molar-refractivity contribution in [3.05, 3.63) is 24.3 Å². The van der Waals surface area contributed by atoms with Crippen LogP contribution < -0.4 is 10.2 Å². The molecule has 100 valence electrons. The first kappa shape index (κ1) is 14.4. The first-order valence-electron chi connectivity index (χ1n) is 6.22. The molecule has 0 saturated carbocycles. The lowest BCUT2D eigenvalue weighted by atomic mass is 10.2. The summed E-state index contributed by atoms with van der Waals surface area (Å²) in [4.78, 5) is 13.5. The predicted molar refractivity (Wildman–Crippen MR) is 75.1 cm³/mol. The van der Waals surface area contributed by atoms with E-state index in [0.29, 0.717) is 13.2 Å². The zero-order valence-corrected chi connectivity index (χ0v) is 11.6. The molecule has 0 aromatic heterocycles. The lowest BCUT2D eigenvalue weighted by molar-refractivity contribution is -0.146. The minimum absolute atomic E-state index is 0.145. The molecular formula is C14H22N2O2. The Bertz CT molecular complexity index is 391. The van der Waals surface area contributed by atoms with Crippen LogP contribution in [0.5, 0.6) is 0 Å². The Labute approximate surface area is 109 Å². The van der Waals surface area contributed by atoms with Gasteiger partial charge in [0.25, 0.3) is 0 Å². The highest BCUT2D eigenvalue weighted by atomic mass is 16.5. The monoisotopic (exact) mass is 250 g/mol. The van der Waals surface area contributed by atoms with Gasteiger partial charge in [-0.3, -0.25) is 4.79 Å². The Morgan fingerprint density at radius 1 is 1.44 bits per heavy atom. The summed E-state index contributed by atoms with van der Waals surface area (Å²) in [5.41, 5.74) is 2.14. The van der Waals surface area contributed by atoms with E-state index in [1.807, 2.05) is 51.0 Å². The molecule has 4 nitrogen and oxygen atoms in total. The molecule has 1 N–H and O–H groups in total. The van der Waals surface area contributed by atoms with E-state index in [2.05, 4.69) is 11.4 Å². The maximum atomic E-state index is 11.5. The molecule has 0 bridgehead atoms. The summed E-state index contributed by atoms with van der Waals surface area (Å²) >= 11 is 0. The second-order valence-corrected chi connectivity index (χ2v) is 4.48. The van der Waals surface area contributed by atoms with Crippen LogP contribution in [0.3, 0.4) is 0 Å². The van der Waals surface area contributed by atoms with Gasteiger partial charge in [0.1, 0.15) is 0 Å². The summed E-state index contributed by atoms with van der Waals surface area (Å²) in [6.45, 7) is 4.69. The van der Waals surface area contributed by atoms with Gasteiger partial charge in [0.05, 0.1) is 12.5 Å². The van der Waals surface area contributed by atoms with Crippen molar-refractivity contribution in [2.45, 2.75) is 13.8 Å². The molecule has 0 radical (unpaired) electrons. The zero-order chi connectivity index (χ0) is 13.5. The Morgan fingerprint density at radius 2 is 2.17 bits per heavy atom. The number of benzene rings is 1. The fourth-order valence-electron chi connectivity index (χ4n) is 1.53. The number of carbonyl (C=O) groups excluding carboxylic acids is 1. The number of nitrogens with zero attached hydrogens (tertiary/aromatic N) is 1. The number of ether oxygens (including phenoxy) is 1. The van der Waals surface area contributed by atoms with Gasteiger partial charge in [0.15, 0.2) is 0 Å². The average Bonchev–Trinajstić information content (AvgIpc) is 2.36. The van der Waals surface area contributed by atoms with Crippen molar-refractivity contribution in [3.8, 4) is 0 Å². The van der Waals surface area contributed by atoms with Crippen LogP contribution in [0.25, 0.3) is 0 Å². The molecule has 0 amide bonds. The topological polar surface area (TPSA) is 41.6 Å². The third kappa shape index (κ3) is 4.28. The van der Waals surface area contributed by atoms with Gasteiger partial charge in [-0.1, -0.05) is 13.0 Å². The van der Waals surface area contributed by atoms with Crippen molar-refractivity contribution in [1.82, 2.24) is 0 Å². The Balaban J connectivity index is 2.53. The van der Waals surface area contributed by atoms with Gasteiger partial charge >= 0.3 is 5.97 Å². The van der Waals surface area contributed by atoms with Gasteiger partial charge < -0.3 is 15.0 Å². The number of anilines is 2. The van der Waals surface area contributed by atoms with Crippen molar-refractivity contribution >= 4 is 17.3 Å². The molecule has 1 rings (SSSR count). The van der Waals surface area contributed by atoms with Crippen LogP contribution in [0, 0.1) is 5.92 Å².